The first kappa shape index (κ1) is 15.9. The van der Waals surface area contributed by atoms with Crippen LogP contribution in [0, 0.1) is 17.2 Å². The number of aliphatic imine (C=N–C) groups is 1. The molecule has 0 aromatic carbocycles. The van der Waals surface area contributed by atoms with Gasteiger partial charge in [-0.25, -0.2) is 4.99 Å². The van der Waals surface area contributed by atoms with Crippen molar-refractivity contribution in [3.63, 3.8) is 0 Å². The van der Waals surface area contributed by atoms with Gasteiger partial charge in [0.1, 0.15) is 10.8 Å². The average Bonchev–Trinajstić information content (AvgIpc) is 2.97. The first-order valence-corrected chi connectivity index (χ1v) is 7.37. The minimum absolute atomic E-state index is 0.0105. The molecule has 1 aromatic heterocycles. The third-order valence-electron chi connectivity index (χ3n) is 3.23. The fourth-order valence-corrected chi connectivity index (χ4v) is 3.16. The van der Waals surface area contributed by atoms with Crippen LogP contribution in [0.25, 0.3) is 0 Å². The Kier molecular flexibility index (Phi) is 4.68. The topological polar surface area (TPSA) is 135 Å². The van der Waals surface area contributed by atoms with Gasteiger partial charge in [0.05, 0.1) is 35.5 Å². The van der Waals surface area contributed by atoms with Crippen molar-refractivity contribution in [1.29, 1.82) is 5.26 Å². The van der Waals surface area contributed by atoms with E-state index in [0.717, 1.165) is 11.8 Å². The Morgan fingerprint density at radius 2 is 2.23 bits per heavy atom. The van der Waals surface area contributed by atoms with Gasteiger partial charge in [0.2, 0.25) is 11.8 Å². The van der Waals surface area contributed by atoms with E-state index in [1.165, 1.54) is 6.26 Å². The molecule has 0 saturated carbocycles. The van der Waals surface area contributed by atoms with Crippen LogP contribution in [-0.4, -0.2) is 23.3 Å². The molecule has 0 fully saturated rings. The maximum Gasteiger partial charge on any atom is 0.227 e. The summed E-state index contributed by atoms with van der Waals surface area (Å²) in [7, 11) is 0. The van der Waals surface area contributed by atoms with Crippen LogP contribution in [0.5, 0.6) is 0 Å². The summed E-state index contributed by atoms with van der Waals surface area (Å²) in [5, 5.41) is 9.84. The van der Waals surface area contributed by atoms with E-state index in [1.54, 1.807) is 19.1 Å². The predicted octanol–water partition coefficient (Wildman–Crippen LogP) is 0.893. The van der Waals surface area contributed by atoms with Crippen molar-refractivity contribution >= 4 is 29.3 Å². The molecule has 22 heavy (non-hydrogen) atoms. The van der Waals surface area contributed by atoms with Gasteiger partial charge in [-0.05, 0) is 19.1 Å². The van der Waals surface area contributed by atoms with Crippen LogP contribution in [0.4, 0.5) is 0 Å². The molecule has 2 heterocycles. The highest BCUT2D eigenvalue weighted by Gasteiger charge is 2.40. The zero-order chi connectivity index (χ0) is 16.3. The lowest BCUT2D eigenvalue weighted by Crippen LogP contribution is -2.37. The van der Waals surface area contributed by atoms with Crippen molar-refractivity contribution in [3.8, 4) is 6.07 Å². The van der Waals surface area contributed by atoms with Gasteiger partial charge in [-0.2, -0.15) is 5.26 Å². The van der Waals surface area contributed by atoms with Crippen molar-refractivity contribution in [2.24, 2.45) is 22.4 Å². The number of nitriles is 1. The van der Waals surface area contributed by atoms with Gasteiger partial charge in [-0.15, -0.1) is 0 Å². The predicted molar refractivity (Wildman–Crippen MR) is 81.5 cm³/mol. The SMILES string of the molecule is CC1=NC(SCC(N)=O)=C(C#N)[C@@H](c2ccco2)C1C(N)=O. The number of primary amides is 2. The summed E-state index contributed by atoms with van der Waals surface area (Å²) in [6.07, 6.45) is 1.46. The largest absolute Gasteiger partial charge is 0.469 e. The van der Waals surface area contributed by atoms with Crippen LogP contribution in [0.2, 0.25) is 0 Å². The van der Waals surface area contributed by atoms with Gasteiger partial charge >= 0.3 is 0 Å². The number of hydrogen-bond donors (Lipinski definition) is 2. The van der Waals surface area contributed by atoms with Crippen LogP contribution in [-0.2, 0) is 9.59 Å². The van der Waals surface area contributed by atoms with Crippen LogP contribution in [0.1, 0.15) is 18.6 Å². The molecule has 7 nitrogen and oxygen atoms in total. The summed E-state index contributed by atoms with van der Waals surface area (Å²) in [6, 6.07) is 5.39. The number of furan rings is 1. The first-order chi connectivity index (χ1) is 10.5. The number of rotatable bonds is 5. The maximum absolute atomic E-state index is 11.8. The molecule has 1 aliphatic rings. The van der Waals surface area contributed by atoms with E-state index in [0.29, 0.717) is 16.5 Å². The highest BCUT2D eigenvalue weighted by molar-refractivity contribution is 8.03. The zero-order valence-electron chi connectivity index (χ0n) is 11.8. The van der Waals surface area contributed by atoms with Gasteiger partial charge in [0, 0.05) is 5.71 Å². The van der Waals surface area contributed by atoms with Crippen molar-refractivity contribution in [2.75, 3.05) is 5.75 Å². The number of carbonyl (C=O) groups is 2. The molecule has 0 saturated heterocycles. The second kappa shape index (κ2) is 6.49. The Labute approximate surface area is 131 Å². The molecule has 114 valence electrons. The Balaban J connectivity index is 2.52. The molecule has 2 rings (SSSR count). The molecule has 1 aliphatic heterocycles. The number of hydrogen-bond acceptors (Lipinski definition) is 6. The first-order valence-electron chi connectivity index (χ1n) is 6.39. The van der Waals surface area contributed by atoms with E-state index in [4.69, 9.17) is 15.9 Å². The Hall–Kier alpha value is -2.53. The quantitative estimate of drug-likeness (QED) is 0.831. The fourth-order valence-electron chi connectivity index (χ4n) is 2.34. The van der Waals surface area contributed by atoms with Crippen LogP contribution >= 0.6 is 11.8 Å². The van der Waals surface area contributed by atoms with Gasteiger partial charge in [-0.1, -0.05) is 11.8 Å². The van der Waals surface area contributed by atoms with Crippen LogP contribution in [0.3, 0.4) is 0 Å². The highest BCUT2D eigenvalue weighted by atomic mass is 32.2. The number of nitrogens with two attached hydrogens (primary N) is 2. The van der Waals surface area contributed by atoms with Crippen molar-refractivity contribution in [2.45, 2.75) is 12.8 Å². The fraction of sp³-hybridized carbons (Fsp3) is 0.286. The van der Waals surface area contributed by atoms with Gasteiger partial charge in [0.25, 0.3) is 0 Å². The molecule has 0 spiro atoms. The third-order valence-corrected chi connectivity index (χ3v) is 4.24. The van der Waals surface area contributed by atoms with E-state index in [1.807, 2.05) is 0 Å². The van der Waals surface area contributed by atoms with E-state index in [9.17, 15) is 14.9 Å². The molecular weight excluding hydrogens is 304 g/mol. The van der Waals surface area contributed by atoms with E-state index in [-0.39, 0.29) is 11.3 Å². The number of nitrogens with zero attached hydrogens (tertiary/aromatic N) is 2. The van der Waals surface area contributed by atoms with Gasteiger partial charge < -0.3 is 15.9 Å². The number of carbonyl (C=O) groups excluding carboxylic acids is 2. The molecule has 2 atom stereocenters. The zero-order valence-corrected chi connectivity index (χ0v) is 12.6. The summed E-state index contributed by atoms with van der Waals surface area (Å²) in [6.45, 7) is 1.66. The van der Waals surface area contributed by atoms with Crippen molar-refractivity contribution in [1.82, 2.24) is 0 Å². The summed E-state index contributed by atoms with van der Waals surface area (Å²) in [5.41, 5.74) is 11.3. The van der Waals surface area contributed by atoms with E-state index in [2.05, 4.69) is 11.1 Å². The monoisotopic (exact) mass is 318 g/mol. The molecule has 2 amide bonds. The molecule has 1 aromatic rings. The van der Waals surface area contributed by atoms with E-state index >= 15 is 0 Å². The number of amides is 2. The number of thioether (sulfide) groups is 1. The minimum Gasteiger partial charge on any atom is -0.469 e. The lowest BCUT2D eigenvalue weighted by Gasteiger charge is -2.27. The van der Waals surface area contributed by atoms with Crippen LogP contribution < -0.4 is 11.5 Å². The summed E-state index contributed by atoms with van der Waals surface area (Å²) >= 11 is 1.06. The minimum atomic E-state index is -0.765. The molecule has 1 unspecified atom stereocenters. The summed E-state index contributed by atoms with van der Waals surface area (Å²) < 4.78 is 5.36. The van der Waals surface area contributed by atoms with Crippen molar-refractivity contribution < 1.29 is 14.0 Å². The molecule has 4 N–H and O–H groups in total. The number of allylic oxidation sites excluding steroid dienone is 1. The van der Waals surface area contributed by atoms with Gasteiger partial charge in [0.15, 0.2) is 0 Å². The standard InChI is InChI=1S/C14H14N4O3S/c1-7-11(13(17)20)12(9-3-2-4-21-9)8(5-15)14(18-7)22-6-10(16)19/h2-4,11-12H,6H2,1H3,(H2,16,19)(H2,17,20)/t11?,12-/m0/s1. The molecular formula is C14H14N4O3S. The molecule has 8 heteroatoms. The summed E-state index contributed by atoms with van der Waals surface area (Å²) in [5.74, 6) is -2.08. The molecule has 0 aliphatic carbocycles. The normalized spacial score (nSPS) is 21.2. The molecule has 0 radical (unpaired) electrons. The second-order valence-electron chi connectivity index (χ2n) is 4.71. The highest BCUT2D eigenvalue weighted by Crippen LogP contribution is 2.41. The Morgan fingerprint density at radius 3 is 2.73 bits per heavy atom. The smallest absolute Gasteiger partial charge is 0.227 e. The van der Waals surface area contributed by atoms with Crippen LogP contribution in [0.15, 0.2) is 38.4 Å². The van der Waals surface area contributed by atoms with Crippen molar-refractivity contribution in [3.05, 3.63) is 34.8 Å². The molecule has 0 bridgehead atoms. The average molecular weight is 318 g/mol. The third kappa shape index (κ3) is 3.04. The summed E-state index contributed by atoms with van der Waals surface area (Å²) in [4.78, 5) is 27.0. The lowest BCUT2D eigenvalue weighted by molar-refractivity contribution is -0.120. The van der Waals surface area contributed by atoms with E-state index < -0.39 is 23.7 Å². The maximum atomic E-state index is 11.8. The Morgan fingerprint density at radius 1 is 1.50 bits per heavy atom. The van der Waals surface area contributed by atoms with Gasteiger partial charge in [-0.3, -0.25) is 9.59 Å². The lowest BCUT2D eigenvalue weighted by atomic mass is 9.80. The second-order valence-corrected chi connectivity index (χ2v) is 5.68. The Bertz CT molecular complexity index is 700.